The Morgan fingerprint density at radius 3 is 2.48 bits per heavy atom. The van der Waals surface area contributed by atoms with Gasteiger partial charge in [0, 0.05) is 28.2 Å². The van der Waals surface area contributed by atoms with E-state index in [0.29, 0.717) is 0 Å². The van der Waals surface area contributed by atoms with Crippen LogP contribution in [0.25, 0.3) is 32.6 Å². The number of para-hydroxylation sites is 1. The number of benzene rings is 3. The number of hydrogen-bond donors (Lipinski definition) is 0. The summed E-state index contributed by atoms with van der Waals surface area (Å²) in [5, 5.41) is 5.21. The van der Waals surface area contributed by atoms with Crippen LogP contribution >= 0.6 is 0 Å². The first-order valence-electron chi connectivity index (χ1n) is 9.63. The van der Waals surface area contributed by atoms with Crippen LogP contribution in [0.3, 0.4) is 0 Å². The summed E-state index contributed by atoms with van der Waals surface area (Å²) in [7, 11) is 0. The summed E-state index contributed by atoms with van der Waals surface area (Å²) in [6, 6.07) is 23.2. The van der Waals surface area contributed by atoms with Crippen LogP contribution in [0.15, 0.2) is 54.6 Å². The van der Waals surface area contributed by atoms with Crippen LogP contribution in [-0.2, 0) is 6.54 Å². The van der Waals surface area contributed by atoms with Crippen LogP contribution in [0.5, 0.6) is 0 Å². The number of aromatic nitrogens is 1. The van der Waals surface area contributed by atoms with Crippen molar-refractivity contribution < 1.29 is 0 Å². The van der Waals surface area contributed by atoms with Gasteiger partial charge in [0.1, 0.15) is 0 Å². The maximum absolute atomic E-state index is 3.49. The quantitative estimate of drug-likeness (QED) is 0.360. The van der Waals surface area contributed by atoms with Gasteiger partial charge in [0.25, 0.3) is 0 Å². The molecule has 25 heavy (non-hydrogen) atoms. The molecule has 0 amide bonds. The predicted molar refractivity (Wildman–Crippen MR) is 109 cm³/mol. The van der Waals surface area contributed by atoms with Crippen molar-refractivity contribution in [2.45, 2.75) is 46.1 Å². The summed E-state index contributed by atoms with van der Waals surface area (Å²) in [5.74, 6) is 0.738. The van der Waals surface area contributed by atoms with Crippen molar-refractivity contribution in [3.05, 3.63) is 60.7 Å². The van der Waals surface area contributed by atoms with Gasteiger partial charge in [-0.25, -0.2) is 0 Å². The first kappa shape index (κ1) is 16.2. The highest BCUT2D eigenvalue weighted by Crippen LogP contribution is 2.35. The molecule has 127 valence electrons. The Labute approximate surface area is 150 Å². The number of unbranched alkanes of at least 4 members (excludes halogenated alkanes) is 1. The zero-order valence-electron chi connectivity index (χ0n) is 15.3. The fourth-order valence-corrected chi connectivity index (χ4v) is 4.10. The molecule has 1 aromatic heterocycles. The van der Waals surface area contributed by atoms with E-state index in [0.717, 1.165) is 12.5 Å². The minimum Gasteiger partial charge on any atom is -0.340 e. The van der Waals surface area contributed by atoms with E-state index in [9.17, 15) is 0 Å². The van der Waals surface area contributed by atoms with Crippen molar-refractivity contribution in [1.82, 2.24) is 4.57 Å². The minimum atomic E-state index is 0.738. The highest BCUT2D eigenvalue weighted by molar-refractivity contribution is 6.17. The first-order chi connectivity index (χ1) is 12.3. The summed E-state index contributed by atoms with van der Waals surface area (Å²) in [6.45, 7) is 5.73. The molecule has 1 atom stereocenters. The maximum Gasteiger partial charge on any atom is 0.0571 e. The lowest BCUT2D eigenvalue weighted by molar-refractivity contribution is 0.401. The lowest BCUT2D eigenvalue weighted by Crippen LogP contribution is -2.10. The predicted octanol–water partition coefficient (Wildman–Crippen LogP) is 6.96. The van der Waals surface area contributed by atoms with Gasteiger partial charge in [-0.1, -0.05) is 75.6 Å². The average molecular weight is 328 g/mol. The fraction of sp³-hybridized carbons (Fsp3) is 0.333. The molecule has 1 radical (unpaired) electrons. The first-order valence-corrected chi connectivity index (χ1v) is 9.63. The molecule has 0 saturated heterocycles. The topological polar surface area (TPSA) is 4.93 Å². The average Bonchev–Trinajstić information content (AvgIpc) is 2.99. The molecule has 1 heteroatoms. The molecular weight excluding hydrogens is 302 g/mol. The van der Waals surface area contributed by atoms with Crippen LogP contribution in [0.2, 0.25) is 0 Å². The van der Waals surface area contributed by atoms with Gasteiger partial charge in [-0.3, -0.25) is 0 Å². The van der Waals surface area contributed by atoms with Crippen molar-refractivity contribution in [2.75, 3.05) is 0 Å². The van der Waals surface area contributed by atoms with Gasteiger partial charge < -0.3 is 4.57 Å². The van der Waals surface area contributed by atoms with Gasteiger partial charge in [-0.15, -0.1) is 0 Å². The molecule has 0 aliphatic carbocycles. The second kappa shape index (κ2) is 6.92. The Kier molecular flexibility index (Phi) is 4.48. The van der Waals surface area contributed by atoms with E-state index in [1.165, 1.54) is 58.3 Å². The molecular formula is C24H26N. The van der Waals surface area contributed by atoms with E-state index in [1.807, 2.05) is 0 Å². The second-order valence-electron chi connectivity index (χ2n) is 7.14. The molecule has 0 aliphatic rings. The van der Waals surface area contributed by atoms with Crippen LogP contribution in [-0.4, -0.2) is 4.57 Å². The van der Waals surface area contributed by atoms with Crippen molar-refractivity contribution in [3.8, 4) is 0 Å². The zero-order chi connectivity index (χ0) is 17.2. The van der Waals surface area contributed by atoms with E-state index in [-0.39, 0.29) is 0 Å². The molecule has 0 fully saturated rings. The molecule has 0 aliphatic heterocycles. The third-order valence-electron chi connectivity index (χ3n) is 5.55. The molecule has 4 aromatic rings. The molecule has 1 nitrogen and oxygen atoms in total. The maximum atomic E-state index is 3.49. The van der Waals surface area contributed by atoms with E-state index < -0.39 is 0 Å². The molecule has 0 saturated carbocycles. The van der Waals surface area contributed by atoms with Crippen LogP contribution in [0, 0.1) is 12.0 Å². The Morgan fingerprint density at radius 2 is 1.68 bits per heavy atom. The molecule has 0 bridgehead atoms. The van der Waals surface area contributed by atoms with E-state index >= 15 is 0 Å². The zero-order valence-corrected chi connectivity index (χ0v) is 15.3. The highest BCUT2D eigenvalue weighted by atomic mass is 15.0. The molecule has 0 N–H and O–H groups in total. The van der Waals surface area contributed by atoms with Gasteiger partial charge in [0.15, 0.2) is 0 Å². The minimum absolute atomic E-state index is 0.738. The van der Waals surface area contributed by atoms with Crippen molar-refractivity contribution in [3.63, 3.8) is 0 Å². The van der Waals surface area contributed by atoms with Gasteiger partial charge in [0.2, 0.25) is 0 Å². The summed E-state index contributed by atoms with van der Waals surface area (Å²) >= 11 is 0. The third kappa shape index (κ3) is 2.82. The van der Waals surface area contributed by atoms with E-state index in [1.54, 1.807) is 0 Å². The summed E-state index contributed by atoms with van der Waals surface area (Å²) in [6.07, 6.45) is 5.16. The number of fused-ring (bicyclic) bond motifs is 5. The van der Waals surface area contributed by atoms with Gasteiger partial charge in [-0.2, -0.15) is 0 Å². The van der Waals surface area contributed by atoms with Crippen LogP contribution in [0.4, 0.5) is 0 Å². The number of hydrogen-bond acceptors (Lipinski definition) is 0. The Bertz CT molecular complexity index is 1010. The SMILES string of the molecule is CCCCC(CC)Cn1c2ccccc2c2c[c]c3ccccc3c21. The largest absolute Gasteiger partial charge is 0.340 e. The lowest BCUT2D eigenvalue weighted by atomic mass is 9.99. The molecule has 1 unspecified atom stereocenters. The molecule has 1 heterocycles. The fourth-order valence-electron chi connectivity index (χ4n) is 4.10. The molecule has 4 rings (SSSR count). The van der Waals surface area contributed by atoms with Gasteiger partial charge in [-0.05, 0) is 35.9 Å². The monoisotopic (exact) mass is 328 g/mol. The smallest absolute Gasteiger partial charge is 0.0571 e. The Balaban J connectivity index is 1.97. The highest BCUT2D eigenvalue weighted by Gasteiger charge is 2.16. The Hall–Kier alpha value is -2.28. The van der Waals surface area contributed by atoms with Gasteiger partial charge >= 0.3 is 0 Å². The normalized spacial score (nSPS) is 13.0. The van der Waals surface area contributed by atoms with E-state index in [4.69, 9.17) is 0 Å². The van der Waals surface area contributed by atoms with E-state index in [2.05, 4.69) is 79.1 Å². The third-order valence-corrected chi connectivity index (χ3v) is 5.55. The van der Waals surface area contributed by atoms with Crippen LogP contribution in [0.1, 0.15) is 39.5 Å². The summed E-state index contributed by atoms with van der Waals surface area (Å²) in [4.78, 5) is 0. The summed E-state index contributed by atoms with van der Waals surface area (Å²) in [5.41, 5.74) is 2.74. The van der Waals surface area contributed by atoms with Crippen molar-refractivity contribution >= 4 is 32.6 Å². The van der Waals surface area contributed by atoms with Crippen molar-refractivity contribution in [2.24, 2.45) is 5.92 Å². The van der Waals surface area contributed by atoms with Crippen molar-refractivity contribution in [1.29, 1.82) is 0 Å². The standard InChI is InChI=1S/C24H26N/c1-3-5-10-18(4-2)17-25-23-14-9-8-13-21(23)22-16-15-19-11-6-7-12-20(19)24(22)25/h6-9,11-14,16,18H,3-5,10,17H2,1-2H3. The number of rotatable bonds is 6. The Morgan fingerprint density at radius 1 is 0.920 bits per heavy atom. The molecule has 3 aromatic carbocycles. The van der Waals surface area contributed by atoms with Crippen LogP contribution < -0.4 is 0 Å². The number of nitrogens with zero attached hydrogens (tertiary/aromatic N) is 1. The summed E-state index contributed by atoms with van der Waals surface area (Å²) < 4.78 is 2.57. The second-order valence-corrected chi connectivity index (χ2v) is 7.14. The van der Waals surface area contributed by atoms with Gasteiger partial charge in [0.05, 0.1) is 5.52 Å². The molecule has 0 spiro atoms. The lowest BCUT2D eigenvalue weighted by Gasteiger charge is -2.18.